The van der Waals surface area contributed by atoms with Gasteiger partial charge in [0.1, 0.15) is 0 Å². The normalized spacial score (nSPS) is 11.1. The molecule has 0 fully saturated rings. The van der Waals surface area contributed by atoms with E-state index in [1.807, 2.05) is 26.1 Å². The van der Waals surface area contributed by atoms with Crippen molar-refractivity contribution in [1.82, 2.24) is 4.57 Å². The van der Waals surface area contributed by atoms with Crippen molar-refractivity contribution in [3.8, 4) is 0 Å². The Morgan fingerprint density at radius 1 is 1.43 bits per heavy atom. The van der Waals surface area contributed by atoms with E-state index in [1.165, 1.54) is 5.69 Å². The summed E-state index contributed by atoms with van der Waals surface area (Å²) in [4.78, 5) is 0. The molecule has 1 aromatic carbocycles. The Kier molecular flexibility index (Phi) is 2.24. The Balaban J connectivity index is 2.96. The molecule has 0 radical (unpaired) electrons. The summed E-state index contributed by atoms with van der Waals surface area (Å²) in [5.41, 5.74) is 8.63. The molecule has 14 heavy (non-hydrogen) atoms. The smallest absolute Gasteiger partial charge is 0.0656 e. The molecule has 0 saturated heterocycles. The number of anilines is 1. The van der Waals surface area contributed by atoms with E-state index >= 15 is 0 Å². The van der Waals surface area contributed by atoms with Crippen LogP contribution >= 0.6 is 27.5 Å². The molecule has 2 rings (SSSR count). The molecule has 0 unspecified atom stereocenters. The fourth-order valence-corrected chi connectivity index (χ4v) is 2.30. The zero-order valence-corrected chi connectivity index (χ0v) is 10.3. The second kappa shape index (κ2) is 3.17. The van der Waals surface area contributed by atoms with Crippen molar-refractivity contribution in [3.05, 3.63) is 27.3 Å². The van der Waals surface area contributed by atoms with Crippen LogP contribution in [0.4, 0.5) is 5.69 Å². The summed E-state index contributed by atoms with van der Waals surface area (Å²) < 4.78 is 3.17. The Morgan fingerprint density at radius 3 is 2.71 bits per heavy atom. The van der Waals surface area contributed by atoms with Gasteiger partial charge in [-0.05, 0) is 35.0 Å². The lowest BCUT2D eigenvalue weighted by molar-refractivity contribution is 0.914. The van der Waals surface area contributed by atoms with Crippen molar-refractivity contribution in [3.63, 3.8) is 0 Å². The van der Waals surface area contributed by atoms with E-state index < -0.39 is 0 Å². The summed E-state index contributed by atoms with van der Waals surface area (Å²) >= 11 is 9.51. The molecule has 0 aliphatic heterocycles. The summed E-state index contributed by atoms with van der Waals surface area (Å²) in [5.74, 6) is 0. The molecule has 2 aromatic rings. The van der Waals surface area contributed by atoms with Crippen molar-refractivity contribution in [2.75, 3.05) is 5.73 Å². The monoisotopic (exact) mass is 272 g/mol. The van der Waals surface area contributed by atoms with Gasteiger partial charge in [0, 0.05) is 22.6 Å². The molecule has 0 amide bonds. The van der Waals surface area contributed by atoms with Gasteiger partial charge in [0.2, 0.25) is 0 Å². The lowest BCUT2D eigenvalue weighted by atomic mass is 10.2. The topological polar surface area (TPSA) is 30.9 Å². The van der Waals surface area contributed by atoms with Crippen LogP contribution in [-0.2, 0) is 7.05 Å². The van der Waals surface area contributed by atoms with Gasteiger partial charge in [-0.25, -0.2) is 0 Å². The Bertz CT molecular complexity index is 472. The molecular weight excluding hydrogens is 263 g/mol. The Hall–Kier alpha value is -0.670. The SMILES string of the molecule is Cc1c(Br)c2cc(N)c(Cl)cc2n1C. The van der Waals surface area contributed by atoms with Crippen LogP contribution in [0.15, 0.2) is 16.6 Å². The number of nitrogens with two attached hydrogens (primary N) is 1. The minimum atomic E-state index is 0.602. The lowest BCUT2D eigenvalue weighted by Crippen LogP contribution is -1.90. The van der Waals surface area contributed by atoms with Gasteiger partial charge in [0.25, 0.3) is 0 Å². The van der Waals surface area contributed by atoms with Crippen LogP contribution in [0.25, 0.3) is 10.9 Å². The van der Waals surface area contributed by atoms with Crippen molar-refractivity contribution in [1.29, 1.82) is 0 Å². The van der Waals surface area contributed by atoms with Crippen LogP contribution in [0.5, 0.6) is 0 Å². The zero-order chi connectivity index (χ0) is 10.5. The highest BCUT2D eigenvalue weighted by Crippen LogP contribution is 2.34. The third-order valence-corrected chi connectivity index (χ3v) is 3.86. The van der Waals surface area contributed by atoms with E-state index in [0.29, 0.717) is 10.7 Å². The van der Waals surface area contributed by atoms with Crippen LogP contribution < -0.4 is 5.73 Å². The minimum Gasteiger partial charge on any atom is -0.398 e. The first-order chi connectivity index (χ1) is 6.52. The third-order valence-electron chi connectivity index (χ3n) is 2.53. The number of aryl methyl sites for hydroxylation is 1. The van der Waals surface area contributed by atoms with Gasteiger partial charge < -0.3 is 10.3 Å². The predicted octanol–water partition coefficient (Wildman–Crippen LogP) is 3.48. The molecule has 2 N–H and O–H groups in total. The summed E-state index contributed by atoms with van der Waals surface area (Å²) in [6, 6.07) is 3.79. The van der Waals surface area contributed by atoms with E-state index in [0.717, 1.165) is 15.4 Å². The highest BCUT2D eigenvalue weighted by molar-refractivity contribution is 9.10. The number of nitrogen functional groups attached to an aromatic ring is 1. The number of fused-ring (bicyclic) bond motifs is 1. The van der Waals surface area contributed by atoms with Crippen LogP contribution in [-0.4, -0.2) is 4.57 Å². The summed E-state index contributed by atoms with van der Waals surface area (Å²) in [6.07, 6.45) is 0. The first kappa shape index (κ1) is 9.87. The van der Waals surface area contributed by atoms with Gasteiger partial charge in [-0.2, -0.15) is 0 Å². The Morgan fingerprint density at radius 2 is 2.07 bits per heavy atom. The van der Waals surface area contributed by atoms with Crippen LogP contribution in [0.2, 0.25) is 5.02 Å². The summed E-state index contributed by atoms with van der Waals surface area (Å²) in [6.45, 7) is 2.05. The summed E-state index contributed by atoms with van der Waals surface area (Å²) in [7, 11) is 2.01. The number of rotatable bonds is 0. The minimum absolute atomic E-state index is 0.602. The molecule has 74 valence electrons. The second-order valence-corrected chi connectivity index (χ2v) is 4.55. The first-order valence-corrected chi connectivity index (χ1v) is 5.39. The average Bonchev–Trinajstić information content (AvgIpc) is 2.34. The maximum absolute atomic E-state index is 5.97. The Labute approximate surface area is 95.8 Å². The zero-order valence-electron chi connectivity index (χ0n) is 7.94. The predicted molar refractivity (Wildman–Crippen MR) is 64.8 cm³/mol. The third kappa shape index (κ3) is 1.23. The average molecular weight is 274 g/mol. The van der Waals surface area contributed by atoms with Crippen molar-refractivity contribution in [2.24, 2.45) is 7.05 Å². The number of nitrogens with zero attached hydrogens (tertiary/aromatic N) is 1. The first-order valence-electron chi connectivity index (χ1n) is 4.22. The molecule has 4 heteroatoms. The number of hydrogen-bond donors (Lipinski definition) is 1. The van der Waals surface area contributed by atoms with E-state index in [-0.39, 0.29) is 0 Å². The van der Waals surface area contributed by atoms with Gasteiger partial charge in [0.05, 0.1) is 16.2 Å². The second-order valence-electron chi connectivity index (χ2n) is 3.35. The van der Waals surface area contributed by atoms with Crippen molar-refractivity contribution in [2.45, 2.75) is 6.92 Å². The molecule has 0 spiro atoms. The van der Waals surface area contributed by atoms with Crippen LogP contribution in [0.1, 0.15) is 5.69 Å². The lowest BCUT2D eigenvalue weighted by Gasteiger charge is -2.00. The molecule has 1 heterocycles. The van der Waals surface area contributed by atoms with Gasteiger partial charge in [-0.3, -0.25) is 0 Å². The highest BCUT2D eigenvalue weighted by Gasteiger charge is 2.11. The molecule has 0 saturated carbocycles. The maximum Gasteiger partial charge on any atom is 0.0656 e. The van der Waals surface area contributed by atoms with Crippen molar-refractivity contribution < 1.29 is 0 Å². The summed E-state index contributed by atoms with van der Waals surface area (Å²) in [5, 5.41) is 1.71. The number of aromatic nitrogens is 1. The standard InChI is InChI=1S/C10H10BrClN2/c1-5-10(11)6-3-8(13)7(12)4-9(6)14(5)2/h3-4H,13H2,1-2H3. The van der Waals surface area contributed by atoms with Crippen molar-refractivity contribution >= 4 is 44.1 Å². The van der Waals surface area contributed by atoms with Gasteiger partial charge >= 0.3 is 0 Å². The molecule has 0 bridgehead atoms. The fourth-order valence-electron chi connectivity index (χ4n) is 1.56. The largest absolute Gasteiger partial charge is 0.398 e. The molecule has 0 atom stereocenters. The number of benzene rings is 1. The molecule has 0 aliphatic rings. The van der Waals surface area contributed by atoms with Gasteiger partial charge in [-0.15, -0.1) is 0 Å². The van der Waals surface area contributed by atoms with Crippen LogP contribution in [0.3, 0.4) is 0 Å². The van der Waals surface area contributed by atoms with E-state index in [4.69, 9.17) is 17.3 Å². The fraction of sp³-hybridized carbons (Fsp3) is 0.200. The molecule has 1 aromatic heterocycles. The molecule has 0 aliphatic carbocycles. The quantitative estimate of drug-likeness (QED) is 0.732. The number of halogens is 2. The molecular formula is C10H10BrClN2. The van der Waals surface area contributed by atoms with E-state index in [2.05, 4.69) is 20.5 Å². The van der Waals surface area contributed by atoms with E-state index in [1.54, 1.807) is 0 Å². The molecule has 2 nitrogen and oxygen atoms in total. The highest BCUT2D eigenvalue weighted by atomic mass is 79.9. The number of hydrogen-bond acceptors (Lipinski definition) is 1. The van der Waals surface area contributed by atoms with Gasteiger partial charge in [-0.1, -0.05) is 11.6 Å². The van der Waals surface area contributed by atoms with Crippen LogP contribution in [0, 0.1) is 6.92 Å². The van der Waals surface area contributed by atoms with E-state index in [9.17, 15) is 0 Å². The maximum atomic E-state index is 5.97. The van der Waals surface area contributed by atoms with Gasteiger partial charge in [0.15, 0.2) is 0 Å².